The molecule has 0 bridgehead atoms. The lowest BCUT2D eigenvalue weighted by molar-refractivity contribution is 0.0200. The van der Waals surface area contributed by atoms with Crippen molar-refractivity contribution in [1.82, 2.24) is 10.0 Å². The Morgan fingerprint density at radius 1 is 1.43 bits per heavy atom. The Balaban J connectivity index is 1.93. The maximum Gasteiger partial charge on any atom is 0.241 e. The molecule has 1 aromatic rings. The normalized spacial score (nSPS) is 19.8. The third kappa shape index (κ3) is 5.03. The van der Waals surface area contributed by atoms with Gasteiger partial charge in [-0.3, -0.25) is 0 Å². The van der Waals surface area contributed by atoms with E-state index in [2.05, 4.69) is 17.0 Å². The topological polar surface area (TPSA) is 67.4 Å². The van der Waals surface area contributed by atoms with Gasteiger partial charge < -0.3 is 10.1 Å². The number of hydrogen-bond donors (Lipinski definition) is 2. The molecule has 0 aromatic carbocycles. The van der Waals surface area contributed by atoms with Crippen LogP contribution in [0.3, 0.4) is 0 Å². The zero-order chi connectivity index (χ0) is 15.1. The largest absolute Gasteiger partial charge is 0.377 e. The number of nitrogens with one attached hydrogen (secondary N) is 2. The Kier molecular flexibility index (Phi) is 6.63. The average Bonchev–Trinajstić information content (AvgIpc) is 2.96. The highest BCUT2D eigenvalue weighted by Crippen LogP contribution is 2.22. The molecule has 2 rings (SSSR count). The van der Waals surface area contributed by atoms with Crippen LogP contribution in [0.4, 0.5) is 0 Å². The minimum absolute atomic E-state index is 0.00817. The quantitative estimate of drug-likeness (QED) is 0.716. The van der Waals surface area contributed by atoms with Gasteiger partial charge >= 0.3 is 0 Å². The Hall–Kier alpha value is -0.470. The molecule has 1 aromatic heterocycles. The van der Waals surface area contributed by atoms with Gasteiger partial charge in [-0.15, -0.1) is 11.3 Å². The maximum absolute atomic E-state index is 12.4. The summed E-state index contributed by atoms with van der Waals surface area (Å²) in [7, 11) is -3.44. The number of rotatable bonds is 8. The van der Waals surface area contributed by atoms with E-state index < -0.39 is 10.0 Å². The van der Waals surface area contributed by atoms with Crippen LogP contribution < -0.4 is 10.0 Å². The SMILES string of the molecule is CCCNCc1sccc1S(=O)(=O)NCC1CCCCO1. The molecule has 2 N–H and O–H groups in total. The molecule has 21 heavy (non-hydrogen) atoms. The fourth-order valence-corrected chi connectivity index (χ4v) is 4.80. The fourth-order valence-electron chi connectivity index (χ4n) is 2.32. The van der Waals surface area contributed by atoms with Crippen molar-refractivity contribution in [2.75, 3.05) is 19.7 Å². The van der Waals surface area contributed by atoms with Gasteiger partial charge in [-0.25, -0.2) is 13.1 Å². The van der Waals surface area contributed by atoms with E-state index in [9.17, 15) is 8.42 Å². The summed E-state index contributed by atoms with van der Waals surface area (Å²) in [5.74, 6) is 0. The van der Waals surface area contributed by atoms with Gasteiger partial charge in [0.15, 0.2) is 0 Å². The lowest BCUT2D eigenvalue weighted by atomic mass is 10.1. The van der Waals surface area contributed by atoms with Crippen LogP contribution >= 0.6 is 11.3 Å². The second-order valence-corrected chi connectivity index (χ2v) is 7.96. The van der Waals surface area contributed by atoms with Crippen LogP contribution in [-0.2, 0) is 21.3 Å². The van der Waals surface area contributed by atoms with Gasteiger partial charge in [0, 0.05) is 24.6 Å². The van der Waals surface area contributed by atoms with E-state index in [1.54, 1.807) is 6.07 Å². The van der Waals surface area contributed by atoms with Crippen molar-refractivity contribution < 1.29 is 13.2 Å². The second kappa shape index (κ2) is 8.24. The number of thiophene rings is 1. The van der Waals surface area contributed by atoms with Crippen molar-refractivity contribution in [3.8, 4) is 0 Å². The Morgan fingerprint density at radius 2 is 2.29 bits per heavy atom. The van der Waals surface area contributed by atoms with Crippen molar-refractivity contribution in [2.45, 2.75) is 50.2 Å². The molecular weight excluding hydrogens is 308 g/mol. The van der Waals surface area contributed by atoms with Crippen molar-refractivity contribution >= 4 is 21.4 Å². The summed E-state index contributed by atoms with van der Waals surface area (Å²) < 4.78 is 33.1. The first-order chi connectivity index (χ1) is 10.1. The van der Waals surface area contributed by atoms with E-state index >= 15 is 0 Å². The first kappa shape index (κ1) is 16.9. The lowest BCUT2D eigenvalue weighted by Crippen LogP contribution is -2.35. The first-order valence-electron chi connectivity index (χ1n) is 7.52. The van der Waals surface area contributed by atoms with Gasteiger partial charge in [-0.2, -0.15) is 0 Å². The summed E-state index contributed by atoms with van der Waals surface area (Å²) >= 11 is 1.48. The van der Waals surface area contributed by atoms with E-state index in [4.69, 9.17) is 4.74 Å². The molecule has 1 atom stereocenters. The Bertz CT molecular complexity index is 522. The predicted octanol–water partition coefficient (Wildman–Crippen LogP) is 2.10. The van der Waals surface area contributed by atoms with Crippen LogP contribution in [-0.4, -0.2) is 34.2 Å². The molecule has 5 nitrogen and oxygen atoms in total. The summed E-state index contributed by atoms with van der Waals surface area (Å²) in [6.07, 6.45) is 4.15. The minimum Gasteiger partial charge on any atom is -0.377 e. The zero-order valence-electron chi connectivity index (χ0n) is 12.4. The van der Waals surface area contributed by atoms with E-state index in [1.807, 2.05) is 5.38 Å². The lowest BCUT2D eigenvalue weighted by Gasteiger charge is -2.22. The number of sulfonamides is 1. The summed E-state index contributed by atoms with van der Waals surface area (Å²) in [6.45, 7) is 4.67. The molecule has 120 valence electrons. The molecule has 1 fully saturated rings. The van der Waals surface area contributed by atoms with Crippen LogP contribution in [0.15, 0.2) is 16.3 Å². The fraction of sp³-hybridized carbons (Fsp3) is 0.714. The van der Waals surface area contributed by atoms with Crippen molar-refractivity contribution in [3.63, 3.8) is 0 Å². The molecule has 2 heterocycles. The van der Waals surface area contributed by atoms with Gasteiger partial charge in [0.05, 0.1) is 11.0 Å². The summed E-state index contributed by atoms with van der Waals surface area (Å²) in [6, 6.07) is 1.68. The molecule has 1 unspecified atom stereocenters. The standard InChI is InChI=1S/C14H24N2O3S2/c1-2-7-15-11-13-14(6-9-20-13)21(17,18)16-10-12-5-3-4-8-19-12/h6,9,12,15-16H,2-5,7-8,10-11H2,1H3. The van der Waals surface area contributed by atoms with Gasteiger partial charge in [0.2, 0.25) is 10.0 Å². The van der Waals surface area contributed by atoms with E-state index in [-0.39, 0.29) is 6.10 Å². The van der Waals surface area contributed by atoms with Crippen LogP contribution in [0.1, 0.15) is 37.5 Å². The first-order valence-corrected chi connectivity index (χ1v) is 9.88. The maximum atomic E-state index is 12.4. The average molecular weight is 332 g/mol. The molecule has 0 spiro atoms. The van der Waals surface area contributed by atoms with Gasteiger partial charge in [0.1, 0.15) is 0 Å². The molecule has 0 amide bonds. The highest BCUT2D eigenvalue weighted by molar-refractivity contribution is 7.89. The molecule has 7 heteroatoms. The van der Waals surface area contributed by atoms with Gasteiger partial charge in [-0.1, -0.05) is 6.92 Å². The van der Waals surface area contributed by atoms with Crippen molar-refractivity contribution in [2.24, 2.45) is 0 Å². The molecule has 1 aliphatic heterocycles. The van der Waals surface area contributed by atoms with Crippen molar-refractivity contribution in [3.05, 3.63) is 16.3 Å². The second-order valence-electron chi connectivity index (χ2n) is 5.23. The highest BCUT2D eigenvalue weighted by atomic mass is 32.2. The van der Waals surface area contributed by atoms with E-state index in [0.29, 0.717) is 18.0 Å². The summed E-state index contributed by atoms with van der Waals surface area (Å²) in [5, 5.41) is 5.08. The predicted molar refractivity (Wildman–Crippen MR) is 85.1 cm³/mol. The third-order valence-electron chi connectivity index (χ3n) is 3.48. The third-order valence-corrected chi connectivity index (χ3v) is 6.04. The monoisotopic (exact) mass is 332 g/mol. The van der Waals surface area contributed by atoms with Gasteiger partial charge in [0.25, 0.3) is 0 Å². The van der Waals surface area contributed by atoms with Crippen LogP contribution in [0.25, 0.3) is 0 Å². The molecule has 0 saturated carbocycles. The summed E-state index contributed by atoms with van der Waals surface area (Å²) in [4.78, 5) is 1.26. The van der Waals surface area contributed by atoms with Crippen LogP contribution in [0.2, 0.25) is 0 Å². The van der Waals surface area contributed by atoms with Crippen molar-refractivity contribution in [1.29, 1.82) is 0 Å². The Labute approximate surface area is 131 Å². The van der Waals surface area contributed by atoms with Gasteiger partial charge in [-0.05, 0) is 43.7 Å². The zero-order valence-corrected chi connectivity index (χ0v) is 14.1. The summed E-state index contributed by atoms with van der Waals surface area (Å²) in [5.41, 5.74) is 0. The van der Waals surface area contributed by atoms with Crippen LogP contribution in [0.5, 0.6) is 0 Å². The molecule has 1 saturated heterocycles. The smallest absolute Gasteiger partial charge is 0.241 e. The highest BCUT2D eigenvalue weighted by Gasteiger charge is 2.22. The number of hydrogen-bond acceptors (Lipinski definition) is 5. The minimum atomic E-state index is -3.44. The Morgan fingerprint density at radius 3 is 3.00 bits per heavy atom. The molecule has 1 aliphatic rings. The van der Waals surface area contributed by atoms with E-state index in [1.165, 1.54) is 11.3 Å². The molecular formula is C14H24N2O3S2. The molecule has 0 radical (unpaired) electrons. The van der Waals surface area contributed by atoms with Crippen LogP contribution in [0, 0.1) is 0 Å². The molecule has 0 aliphatic carbocycles. The number of ether oxygens (including phenoxy) is 1. The van der Waals surface area contributed by atoms with E-state index in [0.717, 1.165) is 43.7 Å².